The van der Waals surface area contributed by atoms with Gasteiger partial charge in [-0.3, -0.25) is 4.79 Å². The minimum absolute atomic E-state index is 0.111. The van der Waals surface area contributed by atoms with Gasteiger partial charge in [0.1, 0.15) is 5.60 Å². The van der Waals surface area contributed by atoms with Crippen LogP contribution < -0.4 is 0 Å². The molecule has 5 nitrogen and oxygen atoms in total. The van der Waals surface area contributed by atoms with Crippen molar-refractivity contribution in [2.45, 2.75) is 58.5 Å². The highest BCUT2D eigenvalue weighted by Crippen LogP contribution is 2.46. The molecule has 1 amide bonds. The van der Waals surface area contributed by atoms with E-state index in [2.05, 4.69) is 0 Å². The lowest BCUT2D eigenvalue weighted by Crippen LogP contribution is -2.60. The predicted octanol–water partition coefficient (Wildman–Crippen LogP) is 2.98. The summed E-state index contributed by atoms with van der Waals surface area (Å²) in [4.78, 5) is 25.1. The maximum Gasteiger partial charge on any atom is 0.410 e. The van der Waals surface area contributed by atoms with E-state index in [1.165, 1.54) is 7.11 Å². The molecule has 0 N–H and O–H groups in total. The first-order chi connectivity index (χ1) is 9.73. The number of esters is 1. The van der Waals surface area contributed by atoms with E-state index >= 15 is 0 Å². The zero-order valence-corrected chi connectivity index (χ0v) is 13.6. The third-order valence-corrected chi connectivity index (χ3v) is 4.55. The molecule has 5 heteroatoms. The molecule has 2 fully saturated rings. The van der Waals surface area contributed by atoms with Gasteiger partial charge in [0.25, 0.3) is 0 Å². The Labute approximate surface area is 127 Å². The number of hydrogen-bond donors (Lipinski definition) is 0. The Bertz CT molecular complexity index is 397. The highest BCUT2D eigenvalue weighted by Gasteiger charge is 2.48. The lowest BCUT2D eigenvalue weighted by molar-refractivity contribution is -0.142. The molecule has 1 heterocycles. The van der Waals surface area contributed by atoms with Crippen LogP contribution in [0.5, 0.6) is 0 Å². The third-order valence-electron chi connectivity index (χ3n) is 4.55. The summed E-state index contributed by atoms with van der Waals surface area (Å²) in [7, 11) is 1.44. The van der Waals surface area contributed by atoms with Crippen LogP contribution in [0.2, 0.25) is 0 Å². The summed E-state index contributed by atoms with van der Waals surface area (Å²) in [5.41, 5.74) is -0.165. The summed E-state index contributed by atoms with van der Waals surface area (Å²) in [6, 6.07) is 0. The molecule has 2 aliphatic rings. The van der Waals surface area contributed by atoms with Gasteiger partial charge in [-0.15, -0.1) is 0 Å². The molecular weight excluding hydrogens is 270 g/mol. The van der Waals surface area contributed by atoms with Gasteiger partial charge in [0.05, 0.1) is 7.11 Å². The summed E-state index contributed by atoms with van der Waals surface area (Å²) in [5.74, 6) is 0.332. The monoisotopic (exact) mass is 297 g/mol. The van der Waals surface area contributed by atoms with Gasteiger partial charge >= 0.3 is 12.1 Å². The molecule has 0 radical (unpaired) electrons. The van der Waals surface area contributed by atoms with Crippen molar-refractivity contribution in [2.24, 2.45) is 11.3 Å². The number of rotatable bonds is 2. The quantitative estimate of drug-likeness (QED) is 0.735. The Morgan fingerprint density at radius 2 is 1.76 bits per heavy atom. The number of carbonyl (C=O) groups excluding carboxylic acids is 2. The summed E-state index contributed by atoms with van der Waals surface area (Å²) < 4.78 is 10.1. The Kier molecular flexibility index (Phi) is 4.49. The fourth-order valence-corrected chi connectivity index (χ4v) is 3.35. The zero-order valence-electron chi connectivity index (χ0n) is 13.6. The van der Waals surface area contributed by atoms with Crippen molar-refractivity contribution < 1.29 is 19.1 Å². The van der Waals surface area contributed by atoms with E-state index in [0.29, 0.717) is 12.3 Å². The minimum atomic E-state index is -0.433. The van der Waals surface area contributed by atoms with Gasteiger partial charge in [-0.05, 0) is 52.4 Å². The van der Waals surface area contributed by atoms with Crippen LogP contribution in [0.4, 0.5) is 4.79 Å². The summed E-state index contributed by atoms with van der Waals surface area (Å²) in [6.45, 7) is 7.26. The van der Waals surface area contributed by atoms with E-state index in [-0.39, 0.29) is 17.5 Å². The first-order valence-electron chi connectivity index (χ1n) is 7.78. The van der Waals surface area contributed by atoms with Gasteiger partial charge in [-0.2, -0.15) is 0 Å². The molecule has 0 unspecified atom stereocenters. The average molecular weight is 297 g/mol. The molecule has 0 atom stereocenters. The van der Waals surface area contributed by atoms with Gasteiger partial charge in [0.2, 0.25) is 0 Å². The van der Waals surface area contributed by atoms with Crippen molar-refractivity contribution in [3.8, 4) is 0 Å². The largest absolute Gasteiger partial charge is 0.469 e. The van der Waals surface area contributed by atoms with Gasteiger partial charge < -0.3 is 14.4 Å². The number of carbonyl (C=O) groups is 2. The normalized spacial score (nSPS) is 21.8. The van der Waals surface area contributed by atoms with Crippen molar-refractivity contribution >= 4 is 12.1 Å². The Balaban J connectivity index is 1.75. The van der Waals surface area contributed by atoms with Crippen LogP contribution in [-0.4, -0.2) is 42.8 Å². The van der Waals surface area contributed by atoms with Crippen molar-refractivity contribution in [1.82, 2.24) is 4.90 Å². The van der Waals surface area contributed by atoms with Gasteiger partial charge in [-0.25, -0.2) is 4.79 Å². The SMILES string of the molecule is COC(=O)CC1CCC2(CC1)CN(C(=O)OC(C)(C)C)C2. The Morgan fingerprint density at radius 1 is 1.19 bits per heavy atom. The molecule has 1 spiro atoms. The third kappa shape index (κ3) is 4.11. The van der Waals surface area contributed by atoms with Crippen molar-refractivity contribution in [3.63, 3.8) is 0 Å². The van der Waals surface area contributed by atoms with Crippen LogP contribution in [0, 0.1) is 11.3 Å². The van der Waals surface area contributed by atoms with E-state index in [1.54, 1.807) is 4.90 Å². The number of likely N-dealkylation sites (tertiary alicyclic amines) is 1. The molecule has 0 aromatic heterocycles. The van der Waals surface area contributed by atoms with Crippen molar-refractivity contribution in [3.05, 3.63) is 0 Å². The second-order valence-corrected chi connectivity index (χ2v) is 7.56. The topological polar surface area (TPSA) is 55.8 Å². The second kappa shape index (κ2) is 5.85. The number of nitrogens with zero attached hydrogens (tertiary/aromatic N) is 1. The summed E-state index contributed by atoms with van der Waals surface area (Å²) in [5, 5.41) is 0. The van der Waals surface area contributed by atoms with Gasteiger partial charge in [-0.1, -0.05) is 0 Å². The highest BCUT2D eigenvalue weighted by molar-refractivity contribution is 5.70. The van der Waals surface area contributed by atoms with Crippen LogP contribution in [0.25, 0.3) is 0 Å². The van der Waals surface area contributed by atoms with E-state index in [1.807, 2.05) is 20.8 Å². The molecule has 0 aromatic carbocycles. The number of hydrogen-bond acceptors (Lipinski definition) is 4. The molecule has 120 valence electrons. The number of amides is 1. The Hall–Kier alpha value is -1.26. The maximum atomic E-state index is 12.0. The maximum absolute atomic E-state index is 12.0. The lowest BCUT2D eigenvalue weighted by atomic mass is 9.65. The van der Waals surface area contributed by atoms with Crippen molar-refractivity contribution in [2.75, 3.05) is 20.2 Å². The van der Waals surface area contributed by atoms with E-state index < -0.39 is 5.60 Å². The van der Waals surface area contributed by atoms with Crippen LogP contribution in [0.1, 0.15) is 52.9 Å². The zero-order chi connectivity index (χ0) is 15.7. The molecule has 0 aromatic rings. The standard InChI is InChI=1S/C16H27NO4/c1-15(2,3)21-14(19)17-10-16(11-17)7-5-12(6-8-16)9-13(18)20-4/h12H,5-11H2,1-4H3. The predicted molar refractivity (Wildman–Crippen MR) is 78.8 cm³/mol. The first-order valence-corrected chi connectivity index (χ1v) is 7.78. The summed E-state index contributed by atoms with van der Waals surface area (Å²) >= 11 is 0. The number of ether oxygens (including phenoxy) is 2. The molecular formula is C16H27NO4. The van der Waals surface area contributed by atoms with Crippen molar-refractivity contribution in [1.29, 1.82) is 0 Å². The molecule has 0 bridgehead atoms. The van der Waals surface area contributed by atoms with Gasteiger partial charge in [0, 0.05) is 24.9 Å². The fraction of sp³-hybridized carbons (Fsp3) is 0.875. The smallest absolute Gasteiger partial charge is 0.410 e. The first kappa shape index (κ1) is 16.1. The van der Waals surface area contributed by atoms with Crippen LogP contribution in [0.15, 0.2) is 0 Å². The summed E-state index contributed by atoms with van der Waals surface area (Å²) in [6.07, 6.45) is 4.61. The minimum Gasteiger partial charge on any atom is -0.469 e. The molecule has 2 rings (SSSR count). The fourth-order valence-electron chi connectivity index (χ4n) is 3.35. The van der Waals surface area contributed by atoms with Gasteiger partial charge in [0.15, 0.2) is 0 Å². The average Bonchev–Trinajstić information content (AvgIpc) is 2.34. The van der Waals surface area contributed by atoms with Crippen LogP contribution in [0.3, 0.4) is 0 Å². The molecule has 1 saturated carbocycles. The van der Waals surface area contributed by atoms with E-state index in [0.717, 1.165) is 38.8 Å². The van der Waals surface area contributed by atoms with E-state index in [4.69, 9.17) is 9.47 Å². The van der Waals surface area contributed by atoms with Crippen LogP contribution in [-0.2, 0) is 14.3 Å². The molecule has 1 saturated heterocycles. The number of methoxy groups -OCH3 is 1. The van der Waals surface area contributed by atoms with Crippen LogP contribution >= 0.6 is 0 Å². The Morgan fingerprint density at radius 3 is 2.24 bits per heavy atom. The molecule has 1 aliphatic heterocycles. The molecule has 21 heavy (non-hydrogen) atoms. The second-order valence-electron chi connectivity index (χ2n) is 7.56. The molecule has 1 aliphatic carbocycles. The van der Waals surface area contributed by atoms with E-state index in [9.17, 15) is 9.59 Å². The lowest BCUT2D eigenvalue weighted by Gasteiger charge is -2.53. The highest BCUT2D eigenvalue weighted by atomic mass is 16.6.